The Bertz CT molecular complexity index is 1460. The minimum atomic E-state index is -1.74. The number of carboxylic acids is 1. The van der Waals surface area contributed by atoms with Gasteiger partial charge in [0.25, 0.3) is 0 Å². The zero-order chi connectivity index (χ0) is 30.2. The molecule has 0 saturated carbocycles. The van der Waals surface area contributed by atoms with E-state index in [-0.39, 0.29) is 42.9 Å². The number of aromatic carboxylic acids is 1. The molecule has 0 bridgehead atoms. The number of carboxylic acid groups (broad SMARTS) is 1. The van der Waals surface area contributed by atoms with Crippen molar-refractivity contribution in [1.29, 1.82) is 0 Å². The van der Waals surface area contributed by atoms with Crippen LogP contribution in [-0.4, -0.2) is 86.5 Å². The summed E-state index contributed by atoms with van der Waals surface area (Å²) in [7, 11) is -1.74. The molecule has 2 aromatic rings. The lowest BCUT2D eigenvalue weighted by atomic mass is 9.64. The number of benzene rings is 2. The molecule has 2 aliphatic rings. The number of ketones is 1. The molecule has 4 amide bonds. The molecule has 16 heteroatoms. The molecule has 41 heavy (non-hydrogen) atoms. The molecule has 0 aliphatic carbocycles. The van der Waals surface area contributed by atoms with Gasteiger partial charge in [-0.2, -0.15) is 0 Å². The van der Waals surface area contributed by atoms with Gasteiger partial charge in [-0.3, -0.25) is 19.3 Å². The van der Waals surface area contributed by atoms with Crippen molar-refractivity contribution in [1.82, 2.24) is 15.1 Å². The third-order valence-corrected chi connectivity index (χ3v) is 7.35. The van der Waals surface area contributed by atoms with E-state index in [0.717, 1.165) is 18.2 Å². The predicted octanol–water partition coefficient (Wildman–Crippen LogP) is 1.47. The summed E-state index contributed by atoms with van der Waals surface area (Å²) in [6, 6.07) is 1.62. The molecule has 2 heterocycles. The smallest absolute Gasteiger partial charge is 0.526 e. The molecule has 0 spiro atoms. The Kier molecular flexibility index (Phi) is 8.40. The second-order valence-electron chi connectivity index (χ2n) is 9.42. The molecule has 5 N–H and O–H groups in total. The van der Waals surface area contributed by atoms with Crippen LogP contribution in [0.4, 0.5) is 9.18 Å². The summed E-state index contributed by atoms with van der Waals surface area (Å²) in [5.74, 6) is -8.26. The average Bonchev–Trinajstić information content (AvgIpc) is 2.92. The molecular weight excluding hydrogens is 568 g/mol. The van der Waals surface area contributed by atoms with E-state index in [9.17, 15) is 48.7 Å². The molecule has 4 rings (SSSR count). The Morgan fingerprint density at radius 1 is 1.17 bits per heavy atom. The first-order valence-electron chi connectivity index (χ1n) is 12.4. The van der Waals surface area contributed by atoms with E-state index in [1.54, 1.807) is 6.92 Å². The van der Waals surface area contributed by atoms with Crippen molar-refractivity contribution in [2.24, 2.45) is 0 Å². The molecule has 0 radical (unpaired) electrons. The van der Waals surface area contributed by atoms with Crippen molar-refractivity contribution in [3.63, 3.8) is 0 Å². The number of Topliss-reactive ketones (excluding diaryl/α,β-unsaturated/α-hetero) is 1. The van der Waals surface area contributed by atoms with Crippen LogP contribution in [0.15, 0.2) is 24.3 Å². The number of likely N-dealkylation sites (N-methyl/N-ethyl adjacent to an activating group) is 1. The summed E-state index contributed by atoms with van der Waals surface area (Å²) >= 11 is 6.18. The molecule has 2 atom stereocenters. The van der Waals surface area contributed by atoms with Crippen LogP contribution in [0, 0.1) is 5.82 Å². The van der Waals surface area contributed by atoms with Crippen molar-refractivity contribution in [3.05, 3.63) is 51.8 Å². The number of urea groups is 1. The zero-order valence-corrected chi connectivity index (χ0v) is 22.2. The molecular formula is C25H24BClFN3O10. The Morgan fingerprint density at radius 3 is 2.54 bits per heavy atom. The Morgan fingerprint density at radius 2 is 1.88 bits per heavy atom. The molecule has 0 aromatic heterocycles. The van der Waals surface area contributed by atoms with Crippen LogP contribution in [0.3, 0.4) is 0 Å². The van der Waals surface area contributed by atoms with Gasteiger partial charge >= 0.3 is 30.9 Å². The molecule has 1 saturated heterocycles. The van der Waals surface area contributed by atoms with Crippen LogP contribution in [0.25, 0.3) is 0 Å². The highest BCUT2D eigenvalue weighted by Crippen LogP contribution is 2.41. The Hall–Kier alpha value is -4.37. The van der Waals surface area contributed by atoms with E-state index < -0.39 is 82.9 Å². The normalized spacial score (nSPS) is 17.6. The highest BCUT2D eigenvalue weighted by molar-refractivity contribution is 6.47. The van der Waals surface area contributed by atoms with E-state index in [2.05, 4.69) is 5.32 Å². The van der Waals surface area contributed by atoms with Gasteiger partial charge in [0.05, 0.1) is 5.02 Å². The lowest BCUT2D eigenvalue weighted by Gasteiger charge is -2.33. The number of nitrogens with zero attached hydrogens (tertiary/aromatic N) is 2. The summed E-state index contributed by atoms with van der Waals surface area (Å²) < 4.78 is 19.4. The maximum absolute atomic E-state index is 14.1. The van der Waals surface area contributed by atoms with Crippen molar-refractivity contribution in [2.75, 3.05) is 19.6 Å². The van der Waals surface area contributed by atoms with Crippen molar-refractivity contribution < 1.29 is 53.4 Å². The van der Waals surface area contributed by atoms with Gasteiger partial charge < -0.3 is 35.2 Å². The highest BCUT2D eigenvalue weighted by Gasteiger charge is 2.42. The van der Waals surface area contributed by atoms with Crippen molar-refractivity contribution in [3.8, 4) is 17.2 Å². The summed E-state index contributed by atoms with van der Waals surface area (Å²) in [6.07, 6.45) is -0.607. The van der Waals surface area contributed by atoms with Gasteiger partial charge in [-0.25, -0.2) is 14.0 Å². The van der Waals surface area contributed by atoms with Crippen molar-refractivity contribution in [2.45, 2.75) is 31.6 Å². The second-order valence-corrected chi connectivity index (χ2v) is 9.80. The number of imide groups is 1. The maximum Gasteiger partial charge on any atom is 0.526 e. The van der Waals surface area contributed by atoms with E-state index in [0.29, 0.717) is 4.90 Å². The zero-order valence-electron chi connectivity index (χ0n) is 21.5. The van der Waals surface area contributed by atoms with Crippen LogP contribution >= 0.6 is 11.6 Å². The number of aromatic hydroxyl groups is 2. The molecule has 2 aromatic carbocycles. The molecule has 13 nitrogen and oxygen atoms in total. The molecule has 216 valence electrons. The number of hydrogen-bond acceptors (Lipinski definition) is 9. The van der Waals surface area contributed by atoms with Crippen LogP contribution in [-0.2, 0) is 20.8 Å². The second kappa shape index (κ2) is 11.6. The van der Waals surface area contributed by atoms with E-state index >= 15 is 0 Å². The summed E-state index contributed by atoms with van der Waals surface area (Å²) in [5.41, 5.74) is -0.718. The number of piperazine rings is 1. The first kappa shape index (κ1) is 29.6. The van der Waals surface area contributed by atoms with Crippen LogP contribution in [0.5, 0.6) is 17.2 Å². The monoisotopic (exact) mass is 591 g/mol. The average molecular weight is 592 g/mol. The van der Waals surface area contributed by atoms with Crippen LogP contribution in [0.2, 0.25) is 10.8 Å². The third kappa shape index (κ3) is 5.63. The van der Waals surface area contributed by atoms with Crippen LogP contribution in [0.1, 0.15) is 40.9 Å². The quantitative estimate of drug-likeness (QED) is 0.179. The number of phenols is 2. The van der Waals surface area contributed by atoms with E-state index in [1.165, 1.54) is 11.0 Å². The first-order valence-corrected chi connectivity index (χ1v) is 12.8. The number of halogens is 2. The number of hydrogen-bond donors (Lipinski definition) is 5. The van der Waals surface area contributed by atoms with Gasteiger partial charge in [-0.15, -0.1) is 0 Å². The largest absolute Gasteiger partial charge is 0.535 e. The molecule has 2 aliphatic heterocycles. The number of fused-ring (bicyclic) bond motifs is 1. The van der Waals surface area contributed by atoms with Crippen LogP contribution < -0.4 is 9.97 Å². The Balaban J connectivity index is 1.62. The van der Waals surface area contributed by atoms with Gasteiger partial charge in [-0.1, -0.05) is 23.7 Å². The topological polar surface area (TPSA) is 194 Å². The SMILES string of the molecule is CCN1CCN(C(=O)NC(C(=O)C[C@H]2Cc3ccc(F)c(C(=O)O)c3OB2O)c2ccc(O)c(O)c2Cl)C(=O)C1=O. The van der Waals surface area contributed by atoms with Gasteiger partial charge in [0.2, 0.25) is 0 Å². The minimum Gasteiger partial charge on any atom is -0.535 e. The summed E-state index contributed by atoms with van der Waals surface area (Å²) in [5, 5.41) is 41.7. The minimum absolute atomic E-state index is 0.0673. The lowest BCUT2D eigenvalue weighted by molar-refractivity contribution is -0.153. The summed E-state index contributed by atoms with van der Waals surface area (Å²) in [4.78, 5) is 64.9. The standard InChI is InChI=1S/C25H24BClFN3O10/c1-2-30-7-8-31(23(36)22(30)35)25(39)29-19(13-4-6-15(32)20(34)18(13)27)16(33)10-12-9-11-3-5-14(28)17(24(37)38)21(11)41-26(12)40/h3-6,12,19,32,34,40H,2,7-10H2,1H3,(H,29,39)(H,37,38)/t12-,19?/m1/s1. The van der Waals surface area contributed by atoms with Gasteiger partial charge in [-0.05, 0) is 31.0 Å². The molecule has 1 fully saturated rings. The van der Waals surface area contributed by atoms with Gasteiger partial charge in [0, 0.05) is 37.4 Å². The molecule has 1 unspecified atom stereocenters. The number of amides is 4. The summed E-state index contributed by atoms with van der Waals surface area (Å²) in [6.45, 7) is 1.82. The fourth-order valence-electron chi connectivity index (χ4n) is 4.74. The maximum atomic E-state index is 14.1. The van der Waals surface area contributed by atoms with Crippen molar-refractivity contribution >= 4 is 48.3 Å². The van der Waals surface area contributed by atoms with Gasteiger partial charge in [0.1, 0.15) is 23.2 Å². The fourth-order valence-corrected chi connectivity index (χ4v) is 5.01. The first-order chi connectivity index (χ1) is 19.3. The number of nitrogens with one attached hydrogen (secondary N) is 1. The highest BCUT2D eigenvalue weighted by atomic mass is 35.5. The lowest BCUT2D eigenvalue weighted by Crippen LogP contribution is -2.58. The predicted molar refractivity (Wildman–Crippen MR) is 139 cm³/mol. The van der Waals surface area contributed by atoms with Gasteiger partial charge in [0.15, 0.2) is 17.3 Å². The van der Waals surface area contributed by atoms with E-state index in [1.807, 2.05) is 0 Å². The fraction of sp³-hybridized carbons (Fsp3) is 0.320. The van der Waals surface area contributed by atoms with E-state index in [4.69, 9.17) is 16.3 Å². The third-order valence-electron chi connectivity index (χ3n) is 6.95. The number of rotatable bonds is 7. The number of carbonyl (C=O) groups is 5. The Labute approximate surface area is 237 Å². The number of phenolic OH excluding ortho intramolecular Hbond substituents is 2. The number of carbonyl (C=O) groups excluding carboxylic acids is 4.